The van der Waals surface area contributed by atoms with Crippen LogP contribution in [-0.2, 0) is 9.59 Å². The first-order valence-electron chi connectivity index (χ1n) is 6.35. The maximum atomic E-state index is 12.0. The van der Waals surface area contributed by atoms with E-state index in [4.69, 9.17) is 16.3 Å². The van der Waals surface area contributed by atoms with Crippen LogP contribution in [0.5, 0.6) is 5.75 Å². The van der Waals surface area contributed by atoms with Gasteiger partial charge < -0.3 is 15.0 Å². The van der Waals surface area contributed by atoms with E-state index in [0.29, 0.717) is 16.5 Å². The molecule has 0 atom stereocenters. The van der Waals surface area contributed by atoms with Gasteiger partial charge in [0.1, 0.15) is 5.75 Å². The van der Waals surface area contributed by atoms with E-state index in [0.717, 1.165) is 0 Å². The van der Waals surface area contributed by atoms with Gasteiger partial charge in [-0.25, -0.2) is 0 Å². The summed E-state index contributed by atoms with van der Waals surface area (Å²) in [4.78, 5) is 26.6. The highest BCUT2D eigenvalue weighted by Gasteiger charge is 2.13. The van der Waals surface area contributed by atoms with Crippen molar-refractivity contribution >= 4 is 29.1 Å². The number of anilines is 1. The van der Waals surface area contributed by atoms with E-state index in [1.165, 1.54) is 12.0 Å². The molecule has 1 aromatic carbocycles. The summed E-state index contributed by atoms with van der Waals surface area (Å²) >= 11 is 5.90. The lowest BCUT2D eigenvalue weighted by Crippen LogP contribution is -2.38. The van der Waals surface area contributed by atoms with E-state index >= 15 is 0 Å². The van der Waals surface area contributed by atoms with Gasteiger partial charge in [0.15, 0.2) is 0 Å². The fourth-order valence-electron chi connectivity index (χ4n) is 1.64. The van der Waals surface area contributed by atoms with Crippen molar-refractivity contribution in [1.29, 1.82) is 0 Å². The number of carbonyl (C=O) groups is 2. The minimum atomic E-state index is -0.246. The standard InChI is InChI=1S/C14H20ClN3O3/c1-17(2)14(20)9-18(3)8-13(19)16-11-7-10(15)5-6-12(11)21-4/h5-7H,8-9H2,1-4H3,(H,16,19). The van der Waals surface area contributed by atoms with Crippen LogP contribution >= 0.6 is 11.6 Å². The summed E-state index contributed by atoms with van der Waals surface area (Å²) in [5, 5.41) is 3.22. The average molecular weight is 314 g/mol. The molecular weight excluding hydrogens is 294 g/mol. The molecule has 0 unspecified atom stereocenters. The van der Waals surface area contributed by atoms with Crippen molar-refractivity contribution in [2.45, 2.75) is 0 Å². The monoisotopic (exact) mass is 313 g/mol. The van der Waals surface area contributed by atoms with Crippen LogP contribution in [0.3, 0.4) is 0 Å². The molecule has 1 N–H and O–H groups in total. The van der Waals surface area contributed by atoms with E-state index in [2.05, 4.69) is 5.32 Å². The molecule has 7 heteroatoms. The predicted octanol–water partition coefficient (Wildman–Crippen LogP) is 1.31. The van der Waals surface area contributed by atoms with Crippen molar-refractivity contribution in [2.75, 3.05) is 46.7 Å². The van der Waals surface area contributed by atoms with Gasteiger partial charge in [0.25, 0.3) is 0 Å². The van der Waals surface area contributed by atoms with Gasteiger partial charge in [0, 0.05) is 19.1 Å². The Bertz CT molecular complexity index is 520. The summed E-state index contributed by atoms with van der Waals surface area (Å²) in [7, 11) is 6.57. The number of rotatable bonds is 6. The van der Waals surface area contributed by atoms with Gasteiger partial charge in [-0.1, -0.05) is 11.6 Å². The van der Waals surface area contributed by atoms with Crippen molar-refractivity contribution in [3.05, 3.63) is 23.2 Å². The minimum Gasteiger partial charge on any atom is -0.495 e. The lowest BCUT2D eigenvalue weighted by Gasteiger charge is -2.19. The van der Waals surface area contributed by atoms with Crippen LogP contribution in [0.4, 0.5) is 5.69 Å². The molecule has 0 bridgehead atoms. The van der Waals surface area contributed by atoms with Crippen molar-refractivity contribution in [2.24, 2.45) is 0 Å². The van der Waals surface area contributed by atoms with Crippen LogP contribution in [-0.4, -0.2) is 63.0 Å². The zero-order valence-corrected chi connectivity index (χ0v) is 13.4. The van der Waals surface area contributed by atoms with Crippen LogP contribution in [0.25, 0.3) is 0 Å². The molecular formula is C14H20ClN3O3. The second-order valence-electron chi connectivity index (χ2n) is 4.85. The molecule has 0 radical (unpaired) electrons. The van der Waals surface area contributed by atoms with Gasteiger partial charge in [0.2, 0.25) is 11.8 Å². The number of hydrogen-bond acceptors (Lipinski definition) is 4. The molecule has 6 nitrogen and oxygen atoms in total. The normalized spacial score (nSPS) is 10.4. The molecule has 116 valence electrons. The molecule has 0 heterocycles. The van der Waals surface area contributed by atoms with E-state index < -0.39 is 0 Å². The molecule has 0 aliphatic carbocycles. The van der Waals surface area contributed by atoms with E-state index in [1.54, 1.807) is 44.2 Å². The SMILES string of the molecule is COc1ccc(Cl)cc1NC(=O)CN(C)CC(=O)N(C)C. The maximum absolute atomic E-state index is 12.0. The first-order chi connectivity index (χ1) is 9.83. The number of carbonyl (C=O) groups excluding carboxylic acids is 2. The summed E-state index contributed by atoms with van der Waals surface area (Å²) < 4.78 is 5.15. The smallest absolute Gasteiger partial charge is 0.238 e. The highest BCUT2D eigenvalue weighted by Crippen LogP contribution is 2.27. The number of halogens is 1. The van der Waals surface area contributed by atoms with E-state index in [1.807, 2.05) is 0 Å². The Morgan fingerprint density at radius 2 is 1.90 bits per heavy atom. The average Bonchev–Trinajstić information content (AvgIpc) is 2.38. The maximum Gasteiger partial charge on any atom is 0.238 e. The van der Waals surface area contributed by atoms with E-state index in [-0.39, 0.29) is 24.9 Å². The lowest BCUT2D eigenvalue weighted by molar-refractivity contribution is -0.130. The summed E-state index contributed by atoms with van der Waals surface area (Å²) in [6.45, 7) is 0.266. The summed E-state index contributed by atoms with van der Waals surface area (Å²) in [5.74, 6) is 0.218. The van der Waals surface area contributed by atoms with Crippen molar-refractivity contribution in [3.8, 4) is 5.75 Å². The summed E-state index contributed by atoms with van der Waals surface area (Å²) in [6.07, 6.45) is 0. The molecule has 1 aromatic rings. The van der Waals surface area contributed by atoms with Crippen LogP contribution in [0.15, 0.2) is 18.2 Å². The Hall–Kier alpha value is -1.79. The minimum absolute atomic E-state index is 0.0642. The van der Waals surface area contributed by atoms with Crippen LogP contribution in [0.2, 0.25) is 5.02 Å². The molecule has 0 spiro atoms. The zero-order valence-electron chi connectivity index (χ0n) is 12.6. The second kappa shape index (κ2) is 7.85. The second-order valence-corrected chi connectivity index (χ2v) is 5.29. The first kappa shape index (κ1) is 17.3. The van der Waals surface area contributed by atoms with Crippen molar-refractivity contribution < 1.29 is 14.3 Å². The highest BCUT2D eigenvalue weighted by atomic mass is 35.5. The topological polar surface area (TPSA) is 61.9 Å². The number of nitrogens with one attached hydrogen (secondary N) is 1. The molecule has 0 aliphatic rings. The number of amides is 2. The van der Waals surface area contributed by atoms with E-state index in [9.17, 15) is 9.59 Å². The molecule has 2 amide bonds. The third-order valence-corrected chi connectivity index (χ3v) is 2.99. The van der Waals surface area contributed by atoms with Gasteiger partial charge in [-0.3, -0.25) is 14.5 Å². The van der Waals surface area contributed by atoms with Crippen LogP contribution in [0.1, 0.15) is 0 Å². The quantitative estimate of drug-likeness (QED) is 0.860. The molecule has 21 heavy (non-hydrogen) atoms. The van der Waals surface area contributed by atoms with Crippen LogP contribution < -0.4 is 10.1 Å². The van der Waals surface area contributed by atoms with Gasteiger partial charge in [-0.2, -0.15) is 0 Å². The van der Waals surface area contributed by atoms with Gasteiger partial charge >= 0.3 is 0 Å². The van der Waals surface area contributed by atoms with Crippen LogP contribution in [0, 0.1) is 0 Å². The summed E-state index contributed by atoms with van der Waals surface area (Å²) in [6, 6.07) is 4.97. The molecule has 0 saturated heterocycles. The largest absolute Gasteiger partial charge is 0.495 e. The Morgan fingerprint density at radius 3 is 2.48 bits per heavy atom. The Labute approximate surface area is 129 Å². The number of ether oxygens (including phenoxy) is 1. The highest BCUT2D eigenvalue weighted by molar-refractivity contribution is 6.31. The Morgan fingerprint density at radius 1 is 1.24 bits per heavy atom. The molecule has 1 rings (SSSR count). The van der Waals surface area contributed by atoms with Crippen molar-refractivity contribution in [3.63, 3.8) is 0 Å². The Kier molecular flexibility index (Phi) is 6.45. The Balaban J connectivity index is 2.61. The number of methoxy groups -OCH3 is 1. The lowest BCUT2D eigenvalue weighted by atomic mass is 10.3. The zero-order chi connectivity index (χ0) is 16.0. The van der Waals surface area contributed by atoms with Crippen molar-refractivity contribution in [1.82, 2.24) is 9.80 Å². The fraction of sp³-hybridized carbons (Fsp3) is 0.429. The first-order valence-corrected chi connectivity index (χ1v) is 6.73. The fourth-order valence-corrected chi connectivity index (χ4v) is 1.81. The number of hydrogen-bond donors (Lipinski definition) is 1. The number of likely N-dealkylation sites (N-methyl/N-ethyl adjacent to an activating group) is 2. The third-order valence-electron chi connectivity index (χ3n) is 2.75. The van der Waals surface area contributed by atoms with Gasteiger partial charge in [-0.05, 0) is 25.2 Å². The van der Waals surface area contributed by atoms with Gasteiger partial charge in [-0.15, -0.1) is 0 Å². The molecule has 0 fully saturated rings. The van der Waals surface area contributed by atoms with Gasteiger partial charge in [0.05, 0.1) is 25.9 Å². The molecule has 0 saturated carbocycles. The molecule has 0 aromatic heterocycles. The third kappa shape index (κ3) is 5.61. The number of benzene rings is 1. The predicted molar refractivity (Wildman–Crippen MR) is 82.8 cm³/mol. The molecule has 0 aliphatic heterocycles. The number of nitrogens with zero attached hydrogens (tertiary/aromatic N) is 2. The summed E-state index contributed by atoms with van der Waals surface area (Å²) in [5.41, 5.74) is 0.502.